The standard InChI is InChI=1S/C7H8INO3/c1-4(10)2-5-3-6(11)9(8)7(5)12/h3,11-12H,2H2,1H3. The Bertz CT molecular complexity index is 319. The monoisotopic (exact) mass is 281 g/mol. The number of ketones is 1. The summed E-state index contributed by atoms with van der Waals surface area (Å²) < 4.78 is 1.19. The Kier molecular flexibility index (Phi) is 2.61. The van der Waals surface area contributed by atoms with Crippen molar-refractivity contribution in [2.75, 3.05) is 0 Å². The highest BCUT2D eigenvalue weighted by molar-refractivity contribution is 14.1. The summed E-state index contributed by atoms with van der Waals surface area (Å²) in [4.78, 5) is 10.7. The first-order valence-corrected chi connectivity index (χ1v) is 4.27. The van der Waals surface area contributed by atoms with Gasteiger partial charge in [0.15, 0.2) is 0 Å². The topological polar surface area (TPSA) is 62.5 Å². The van der Waals surface area contributed by atoms with E-state index in [0.29, 0.717) is 5.56 Å². The number of hydrogen-bond donors (Lipinski definition) is 2. The first kappa shape index (κ1) is 9.37. The molecule has 1 heterocycles. The van der Waals surface area contributed by atoms with E-state index < -0.39 is 0 Å². The molecule has 0 aliphatic rings. The Hall–Kier alpha value is -0.720. The van der Waals surface area contributed by atoms with Gasteiger partial charge < -0.3 is 10.2 Å². The van der Waals surface area contributed by atoms with Crippen molar-refractivity contribution in [2.45, 2.75) is 13.3 Å². The number of Topliss-reactive ketones (excluding diaryl/α,β-unsaturated/α-hetero) is 1. The van der Waals surface area contributed by atoms with Crippen LogP contribution in [0, 0.1) is 0 Å². The van der Waals surface area contributed by atoms with Crippen molar-refractivity contribution < 1.29 is 15.0 Å². The average molecular weight is 281 g/mol. The minimum atomic E-state index is -0.0664. The number of rotatable bonds is 2. The molecule has 0 fully saturated rings. The molecule has 0 aliphatic heterocycles. The lowest BCUT2D eigenvalue weighted by molar-refractivity contribution is -0.116. The lowest BCUT2D eigenvalue weighted by atomic mass is 10.2. The molecular weight excluding hydrogens is 273 g/mol. The van der Waals surface area contributed by atoms with Gasteiger partial charge in [0.05, 0.1) is 22.9 Å². The van der Waals surface area contributed by atoms with Crippen LogP contribution >= 0.6 is 22.9 Å². The van der Waals surface area contributed by atoms with Gasteiger partial charge in [-0.2, -0.15) is 0 Å². The molecule has 0 radical (unpaired) electrons. The van der Waals surface area contributed by atoms with Crippen molar-refractivity contribution in [1.82, 2.24) is 2.78 Å². The number of aromatic hydroxyl groups is 2. The molecule has 2 N–H and O–H groups in total. The molecule has 0 atom stereocenters. The van der Waals surface area contributed by atoms with E-state index in [0.717, 1.165) is 0 Å². The lowest BCUT2D eigenvalue weighted by Crippen LogP contribution is -1.94. The van der Waals surface area contributed by atoms with Crippen LogP contribution in [-0.4, -0.2) is 18.8 Å². The van der Waals surface area contributed by atoms with E-state index >= 15 is 0 Å². The fraction of sp³-hybridized carbons (Fsp3) is 0.286. The summed E-state index contributed by atoms with van der Waals surface area (Å²) >= 11 is 1.74. The molecule has 0 aliphatic carbocycles. The molecule has 0 unspecified atom stereocenters. The second kappa shape index (κ2) is 3.34. The molecule has 0 aromatic carbocycles. The maximum atomic E-state index is 10.7. The van der Waals surface area contributed by atoms with Gasteiger partial charge in [-0.25, -0.2) is 2.78 Å². The highest BCUT2D eigenvalue weighted by Gasteiger charge is 2.12. The van der Waals surface area contributed by atoms with Gasteiger partial charge in [0.25, 0.3) is 0 Å². The Morgan fingerprint density at radius 2 is 2.25 bits per heavy atom. The van der Waals surface area contributed by atoms with Crippen LogP contribution < -0.4 is 0 Å². The number of carbonyl (C=O) groups is 1. The number of carbonyl (C=O) groups excluding carboxylic acids is 1. The van der Waals surface area contributed by atoms with E-state index in [-0.39, 0.29) is 24.0 Å². The summed E-state index contributed by atoms with van der Waals surface area (Å²) in [6.07, 6.45) is 0.148. The van der Waals surface area contributed by atoms with Crippen LogP contribution in [0.4, 0.5) is 0 Å². The van der Waals surface area contributed by atoms with Crippen LogP contribution in [0.3, 0.4) is 0 Å². The number of halogens is 1. The Morgan fingerprint density at radius 1 is 1.67 bits per heavy atom. The summed E-state index contributed by atoms with van der Waals surface area (Å²) in [5, 5.41) is 18.4. The summed E-state index contributed by atoms with van der Waals surface area (Å²) in [5.74, 6) is -0.167. The number of nitrogens with zero attached hydrogens (tertiary/aromatic N) is 1. The zero-order valence-electron chi connectivity index (χ0n) is 6.41. The molecule has 5 heteroatoms. The third-order valence-electron chi connectivity index (χ3n) is 1.42. The van der Waals surface area contributed by atoms with Crippen molar-refractivity contribution in [3.8, 4) is 11.8 Å². The minimum Gasteiger partial charge on any atom is -0.494 e. The normalized spacial score (nSPS) is 10.2. The number of hydrogen-bond acceptors (Lipinski definition) is 3. The van der Waals surface area contributed by atoms with Gasteiger partial charge in [-0.1, -0.05) is 0 Å². The molecule has 0 bridgehead atoms. The molecular formula is C7H8INO3. The predicted molar refractivity (Wildman–Crippen MR) is 51.6 cm³/mol. The van der Waals surface area contributed by atoms with Crippen LogP contribution in [0.15, 0.2) is 6.07 Å². The summed E-state index contributed by atoms with van der Waals surface area (Å²) in [7, 11) is 0. The van der Waals surface area contributed by atoms with Gasteiger partial charge in [0.2, 0.25) is 11.8 Å². The Morgan fingerprint density at radius 3 is 2.58 bits per heavy atom. The lowest BCUT2D eigenvalue weighted by Gasteiger charge is -1.95. The number of aromatic nitrogens is 1. The molecule has 1 rings (SSSR count). The second-order valence-corrected chi connectivity index (χ2v) is 3.48. The predicted octanol–water partition coefficient (Wildman–Crippen LogP) is 1.23. The van der Waals surface area contributed by atoms with Gasteiger partial charge in [-0.05, 0) is 6.92 Å². The smallest absolute Gasteiger partial charge is 0.206 e. The maximum absolute atomic E-state index is 10.7. The summed E-state index contributed by atoms with van der Waals surface area (Å²) in [6, 6.07) is 1.38. The highest BCUT2D eigenvalue weighted by atomic mass is 127. The fourth-order valence-corrected chi connectivity index (χ4v) is 1.36. The van der Waals surface area contributed by atoms with Gasteiger partial charge in [0.1, 0.15) is 5.78 Å². The first-order chi connectivity index (χ1) is 5.52. The third-order valence-corrected chi connectivity index (χ3v) is 2.37. The molecule has 1 aromatic rings. The average Bonchev–Trinajstić information content (AvgIpc) is 2.17. The molecule has 0 amide bonds. The SMILES string of the molecule is CC(=O)Cc1cc(O)n(I)c1O. The molecule has 66 valence electrons. The van der Waals surface area contributed by atoms with Crippen LogP contribution in [0.25, 0.3) is 0 Å². The molecule has 0 saturated heterocycles. The van der Waals surface area contributed by atoms with E-state index in [4.69, 9.17) is 5.11 Å². The molecule has 12 heavy (non-hydrogen) atoms. The quantitative estimate of drug-likeness (QED) is 0.801. The largest absolute Gasteiger partial charge is 0.494 e. The van der Waals surface area contributed by atoms with Gasteiger partial charge >= 0.3 is 0 Å². The molecule has 0 saturated carbocycles. The van der Waals surface area contributed by atoms with Gasteiger partial charge in [-0.3, -0.25) is 4.79 Å². The van der Waals surface area contributed by atoms with Crippen LogP contribution in [-0.2, 0) is 11.2 Å². The molecule has 0 spiro atoms. The third kappa shape index (κ3) is 1.71. The van der Waals surface area contributed by atoms with Crippen molar-refractivity contribution in [1.29, 1.82) is 0 Å². The van der Waals surface area contributed by atoms with Crippen molar-refractivity contribution in [2.24, 2.45) is 0 Å². The van der Waals surface area contributed by atoms with Crippen LogP contribution in [0.2, 0.25) is 0 Å². The van der Waals surface area contributed by atoms with Gasteiger partial charge in [0, 0.05) is 18.1 Å². The molecule has 4 nitrogen and oxygen atoms in total. The van der Waals surface area contributed by atoms with Crippen molar-refractivity contribution >= 4 is 28.6 Å². The summed E-state index contributed by atoms with van der Waals surface area (Å²) in [6.45, 7) is 1.43. The van der Waals surface area contributed by atoms with Crippen LogP contribution in [0.1, 0.15) is 12.5 Å². The maximum Gasteiger partial charge on any atom is 0.206 e. The van der Waals surface area contributed by atoms with E-state index in [1.807, 2.05) is 0 Å². The summed E-state index contributed by atoms with van der Waals surface area (Å²) in [5.41, 5.74) is 0.453. The van der Waals surface area contributed by atoms with E-state index in [2.05, 4.69) is 0 Å². The van der Waals surface area contributed by atoms with Gasteiger partial charge in [-0.15, -0.1) is 0 Å². The minimum absolute atomic E-state index is 0.0488. The van der Waals surface area contributed by atoms with Crippen molar-refractivity contribution in [3.63, 3.8) is 0 Å². The highest BCUT2D eigenvalue weighted by Crippen LogP contribution is 2.29. The zero-order valence-corrected chi connectivity index (χ0v) is 8.57. The van der Waals surface area contributed by atoms with Crippen LogP contribution in [0.5, 0.6) is 11.8 Å². The Balaban J connectivity index is 3.01. The zero-order chi connectivity index (χ0) is 9.30. The molecule has 1 aromatic heterocycles. The van der Waals surface area contributed by atoms with E-state index in [9.17, 15) is 9.90 Å². The van der Waals surface area contributed by atoms with E-state index in [1.54, 1.807) is 22.9 Å². The van der Waals surface area contributed by atoms with Crippen molar-refractivity contribution in [3.05, 3.63) is 11.6 Å². The first-order valence-electron chi connectivity index (χ1n) is 3.30. The fourth-order valence-electron chi connectivity index (χ4n) is 0.910. The Labute approximate surface area is 83.3 Å². The second-order valence-electron chi connectivity index (χ2n) is 2.51. The van der Waals surface area contributed by atoms with E-state index in [1.165, 1.54) is 15.8 Å².